The van der Waals surface area contributed by atoms with E-state index in [0.717, 1.165) is 8.95 Å². The molecule has 0 aliphatic heterocycles. The predicted molar refractivity (Wildman–Crippen MR) is 86.6 cm³/mol. The maximum Gasteiger partial charge on any atom is 0.417 e. The number of H-pyrrole nitrogens is 1. The number of oxazole rings is 1. The van der Waals surface area contributed by atoms with Crippen molar-refractivity contribution in [1.29, 1.82) is 0 Å². The zero-order valence-electron chi connectivity index (χ0n) is 10.4. The molecular weight excluding hydrogens is 404 g/mol. The van der Waals surface area contributed by atoms with Crippen molar-refractivity contribution in [3.05, 3.63) is 61.5 Å². The molecule has 1 amide bonds. The van der Waals surface area contributed by atoms with Crippen LogP contribution in [0, 0.1) is 0 Å². The molecule has 0 radical (unpaired) electrons. The molecule has 3 aromatic rings. The lowest BCUT2D eigenvalue weighted by atomic mass is 10.2. The fourth-order valence-electron chi connectivity index (χ4n) is 1.92. The van der Waals surface area contributed by atoms with Gasteiger partial charge >= 0.3 is 5.76 Å². The highest BCUT2D eigenvalue weighted by Gasteiger charge is 2.09. The third-order valence-corrected chi connectivity index (χ3v) is 3.72. The number of benzene rings is 2. The second-order valence-electron chi connectivity index (χ2n) is 4.34. The van der Waals surface area contributed by atoms with Gasteiger partial charge in [-0.15, -0.1) is 0 Å². The summed E-state index contributed by atoms with van der Waals surface area (Å²) in [6.45, 7) is 0. The molecule has 21 heavy (non-hydrogen) atoms. The molecule has 0 atom stereocenters. The number of nitrogens with one attached hydrogen (secondary N) is 2. The smallest absolute Gasteiger partial charge is 0.408 e. The van der Waals surface area contributed by atoms with Crippen molar-refractivity contribution in [1.82, 2.24) is 4.98 Å². The van der Waals surface area contributed by atoms with Gasteiger partial charge in [0.15, 0.2) is 5.58 Å². The topological polar surface area (TPSA) is 75.1 Å². The van der Waals surface area contributed by atoms with E-state index in [1.54, 1.807) is 30.3 Å². The molecular formula is C14H8Br2N2O3. The first kappa shape index (κ1) is 14.1. The van der Waals surface area contributed by atoms with Gasteiger partial charge in [0.2, 0.25) is 0 Å². The van der Waals surface area contributed by atoms with E-state index >= 15 is 0 Å². The van der Waals surface area contributed by atoms with Gasteiger partial charge in [0.05, 0.1) is 5.52 Å². The Morgan fingerprint density at radius 3 is 2.52 bits per heavy atom. The van der Waals surface area contributed by atoms with Gasteiger partial charge in [-0.3, -0.25) is 9.78 Å². The minimum absolute atomic E-state index is 0.248. The summed E-state index contributed by atoms with van der Waals surface area (Å²) in [6.07, 6.45) is 0. The molecule has 106 valence electrons. The standard InChI is InChI=1S/C14H8Br2N2O3/c15-8-3-7(4-9(16)5-8)13(19)17-10-1-2-12-11(6-10)18-14(20)21-12/h1-6H,(H,17,19)(H,18,20). The highest BCUT2D eigenvalue weighted by atomic mass is 79.9. The minimum atomic E-state index is -0.524. The van der Waals surface area contributed by atoms with Crippen molar-refractivity contribution >= 4 is 54.6 Å². The van der Waals surface area contributed by atoms with Crippen molar-refractivity contribution in [2.75, 3.05) is 5.32 Å². The zero-order valence-corrected chi connectivity index (χ0v) is 13.6. The van der Waals surface area contributed by atoms with E-state index in [2.05, 4.69) is 42.2 Å². The largest absolute Gasteiger partial charge is 0.417 e. The number of hydrogen-bond donors (Lipinski definition) is 2. The zero-order chi connectivity index (χ0) is 15.0. The van der Waals surface area contributed by atoms with Gasteiger partial charge in [0, 0.05) is 20.2 Å². The van der Waals surface area contributed by atoms with E-state index in [9.17, 15) is 9.59 Å². The van der Waals surface area contributed by atoms with Crippen LogP contribution in [0.1, 0.15) is 10.4 Å². The SMILES string of the molecule is O=C(Nc1ccc2oc(=O)[nH]c2c1)c1cc(Br)cc(Br)c1. The van der Waals surface area contributed by atoms with Crippen LogP contribution < -0.4 is 11.1 Å². The van der Waals surface area contributed by atoms with Crippen LogP contribution in [0.5, 0.6) is 0 Å². The number of carbonyl (C=O) groups is 1. The number of hydrogen-bond acceptors (Lipinski definition) is 3. The molecule has 0 aliphatic rings. The first-order valence-electron chi connectivity index (χ1n) is 5.91. The number of aromatic nitrogens is 1. The maximum atomic E-state index is 12.2. The second-order valence-corrected chi connectivity index (χ2v) is 6.17. The Morgan fingerprint density at radius 1 is 1.10 bits per heavy atom. The van der Waals surface area contributed by atoms with Crippen molar-refractivity contribution in [3.63, 3.8) is 0 Å². The summed E-state index contributed by atoms with van der Waals surface area (Å²) >= 11 is 6.68. The molecule has 2 aromatic carbocycles. The number of amides is 1. The lowest BCUT2D eigenvalue weighted by Crippen LogP contribution is -2.11. The molecule has 1 aromatic heterocycles. The van der Waals surface area contributed by atoms with Gasteiger partial charge in [-0.2, -0.15) is 0 Å². The third kappa shape index (κ3) is 3.08. The predicted octanol–water partition coefficient (Wildman–Crippen LogP) is 3.90. The first-order chi connectivity index (χ1) is 10.0. The summed E-state index contributed by atoms with van der Waals surface area (Å²) in [6, 6.07) is 10.2. The Morgan fingerprint density at radius 2 is 1.81 bits per heavy atom. The van der Waals surface area contributed by atoms with Gasteiger partial charge < -0.3 is 9.73 Å². The van der Waals surface area contributed by atoms with Crippen molar-refractivity contribution < 1.29 is 9.21 Å². The van der Waals surface area contributed by atoms with Crippen LogP contribution in [0.2, 0.25) is 0 Å². The first-order valence-corrected chi connectivity index (χ1v) is 7.50. The average Bonchev–Trinajstić information content (AvgIpc) is 2.77. The molecule has 0 saturated carbocycles. The summed E-state index contributed by atoms with van der Waals surface area (Å²) in [5, 5.41) is 2.77. The Kier molecular flexibility index (Phi) is 3.69. The van der Waals surface area contributed by atoms with Gasteiger partial charge in [0.1, 0.15) is 0 Å². The molecule has 0 saturated heterocycles. The number of carbonyl (C=O) groups excluding carboxylic acids is 1. The molecule has 3 rings (SSSR count). The lowest BCUT2D eigenvalue weighted by Gasteiger charge is -2.06. The van der Waals surface area contributed by atoms with Gasteiger partial charge in [-0.1, -0.05) is 31.9 Å². The van der Waals surface area contributed by atoms with Crippen LogP contribution >= 0.6 is 31.9 Å². The molecule has 0 fully saturated rings. The number of rotatable bonds is 2. The summed E-state index contributed by atoms with van der Waals surface area (Å²) in [5.41, 5.74) is 2.06. The number of aromatic amines is 1. The number of halogens is 2. The Hall–Kier alpha value is -1.86. The van der Waals surface area contributed by atoms with E-state index in [1.165, 1.54) is 0 Å². The Labute approximate surface area is 135 Å². The highest BCUT2D eigenvalue weighted by molar-refractivity contribution is 9.11. The van der Waals surface area contributed by atoms with Gasteiger partial charge in [-0.25, -0.2) is 4.79 Å². The second kappa shape index (κ2) is 5.50. The molecule has 0 spiro atoms. The van der Waals surface area contributed by atoms with Crippen molar-refractivity contribution in [3.8, 4) is 0 Å². The van der Waals surface area contributed by atoms with E-state index in [-0.39, 0.29) is 5.91 Å². The Bertz CT molecular complexity index is 878. The van der Waals surface area contributed by atoms with E-state index in [0.29, 0.717) is 22.4 Å². The molecule has 1 heterocycles. The summed E-state index contributed by atoms with van der Waals surface area (Å²) in [7, 11) is 0. The molecule has 0 unspecified atom stereocenters. The van der Waals surface area contributed by atoms with E-state index in [4.69, 9.17) is 4.42 Å². The van der Waals surface area contributed by atoms with Crippen molar-refractivity contribution in [2.24, 2.45) is 0 Å². The van der Waals surface area contributed by atoms with Crippen LogP contribution in [0.25, 0.3) is 11.1 Å². The maximum absolute atomic E-state index is 12.2. The normalized spacial score (nSPS) is 10.8. The van der Waals surface area contributed by atoms with Gasteiger partial charge in [-0.05, 0) is 36.4 Å². The quantitative estimate of drug-likeness (QED) is 0.671. The molecule has 7 heteroatoms. The fourth-order valence-corrected chi connectivity index (χ4v) is 3.21. The highest BCUT2D eigenvalue weighted by Crippen LogP contribution is 2.22. The Balaban J connectivity index is 1.90. The summed E-state index contributed by atoms with van der Waals surface area (Å²) in [4.78, 5) is 25.9. The average molecular weight is 412 g/mol. The minimum Gasteiger partial charge on any atom is -0.408 e. The lowest BCUT2D eigenvalue weighted by molar-refractivity contribution is 0.102. The number of anilines is 1. The van der Waals surface area contributed by atoms with E-state index < -0.39 is 5.76 Å². The summed E-state index contributed by atoms with van der Waals surface area (Å²) in [5.74, 6) is -0.772. The van der Waals surface area contributed by atoms with E-state index in [1.807, 2.05) is 6.07 Å². The molecule has 0 aliphatic carbocycles. The number of fused-ring (bicyclic) bond motifs is 1. The van der Waals surface area contributed by atoms with Crippen LogP contribution in [0.3, 0.4) is 0 Å². The van der Waals surface area contributed by atoms with Gasteiger partial charge in [0.25, 0.3) is 5.91 Å². The van der Waals surface area contributed by atoms with Crippen LogP contribution in [-0.2, 0) is 0 Å². The monoisotopic (exact) mass is 410 g/mol. The van der Waals surface area contributed by atoms with Crippen LogP contribution in [0.4, 0.5) is 5.69 Å². The van der Waals surface area contributed by atoms with Crippen LogP contribution in [0.15, 0.2) is 54.6 Å². The molecule has 5 nitrogen and oxygen atoms in total. The molecule has 2 N–H and O–H groups in total. The van der Waals surface area contributed by atoms with Crippen LogP contribution in [-0.4, -0.2) is 10.9 Å². The third-order valence-electron chi connectivity index (χ3n) is 2.80. The summed E-state index contributed by atoms with van der Waals surface area (Å²) < 4.78 is 6.51. The molecule has 0 bridgehead atoms. The van der Waals surface area contributed by atoms with Crippen molar-refractivity contribution in [2.45, 2.75) is 0 Å². The fraction of sp³-hybridized carbons (Fsp3) is 0.